The van der Waals surface area contributed by atoms with Crippen molar-refractivity contribution in [3.05, 3.63) is 64.3 Å². The maximum Gasteiger partial charge on any atom is 0.454 e. The highest BCUT2D eigenvalue weighted by Crippen LogP contribution is 2.32. The van der Waals surface area contributed by atoms with Crippen LogP contribution in [-0.2, 0) is 11.3 Å². The van der Waals surface area contributed by atoms with Gasteiger partial charge in [-0.3, -0.25) is 9.59 Å². The number of halogens is 4. The molecule has 0 fully saturated rings. The van der Waals surface area contributed by atoms with Crippen LogP contribution >= 0.6 is 11.6 Å². The molecule has 0 aliphatic rings. The predicted molar refractivity (Wildman–Crippen MR) is 102 cm³/mol. The molecule has 1 N–H and O–H groups in total. The lowest BCUT2D eigenvalue weighted by molar-refractivity contribution is -0.116. The zero-order valence-electron chi connectivity index (χ0n) is 15.0. The van der Waals surface area contributed by atoms with Gasteiger partial charge in [0.15, 0.2) is 0 Å². The third kappa shape index (κ3) is 3.62. The quantitative estimate of drug-likeness (QED) is 0.596. The Balaban J connectivity index is 2.00. The number of Topliss-reactive ketones (excluding diaryl/α,β-unsaturated/α-hetero) is 1. The van der Waals surface area contributed by atoms with Crippen LogP contribution < -0.4 is 5.32 Å². The van der Waals surface area contributed by atoms with Crippen molar-refractivity contribution < 1.29 is 22.8 Å². The minimum atomic E-state index is -5.00. The van der Waals surface area contributed by atoms with E-state index < -0.39 is 23.4 Å². The van der Waals surface area contributed by atoms with Gasteiger partial charge in [0.1, 0.15) is 6.54 Å². The average molecular weight is 409 g/mol. The summed E-state index contributed by atoms with van der Waals surface area (Å²) in [5.74, 6) is -2.37. The van der Waals surface area contributed by atoms with E-state index in [4.69, 9.17) is 11.6 Å². The van der Waals surface area contributed by atoms with E-state index >= 15 is 0 Å². The minimum Gasteiger partial charge on any atom is -0.335 e. The Bertz CT molecular complexity index is 1090. The largest absolute Gasteiger partial charge is 0.454 e. The van der Waals surface area contributed by atoms with Crippen molar-refractivity contribution in [3.63, 3.8) is 0 Å². The molecule has 3 aromatic rings. The molecule has 0 atom stereocenters. The number of hydrogen-bond donors (Lipinski definition) is 1. The number of anilines is 1. The van der Waals surface area contributed by atoms with E-state index in [1.165, 1.54) is 17.6 Å². The standard InChI is InChI=1S/C20H16ClF3N2O2/c1-11-14(21)7-5-8-15(11)25-17(27)10-26-12(2)18(19(28)20(22,23)24)13-6-3-4-9-16(13)26/h3-9H,10H2,1-2H3,(H,25,27). The number of fused-ring (bicyclic) bond motifs is 1. The molecule has 0 saturated heterocycles. The Morgan fingerprint density at radius 3 is 2.43 bits per heavy atom. The second kappa shape index (κ2) is 7.31. The van der Waals surface area contributed by atoms with Crippen molar-refractivity contribution >= 4 is 39.9 Å². The molecule has 28 heavy (non-hydrogen) atoms. The molecule has 0 aliphatic carbocycles. The lowest BCUT2D eigenvalue weighted by Gasteiger charge is -2.12. The molecular formula is C20H16ClF3N2O2. The topological polar surface area (TPSA) is 51.1 Å². The number of nitrogens with zero attached hydrogens (tertiary/aromatic N) is 1. The maximum atomic E-state index is 13.0. The molecular weight excluding hydrogens is 393 g/mol. The summed E-state index contributed by atoms with van der Waals surface area (Å²) >= 11 is 6.04. The van der Waals surface area contributed by atoms with Crippen molar-refractivity contribution in [2.75, 3.05) is 5.32 Å². The molecule has 146 valence electrons. The number of para-hydroxylation sites is 1. The van der Waals surface area contributed by atoms with Crippen molar-refractivity contribution in [1.82, 2.24) is 4.57 Å². The van der Waals surface area contributed by atoms with Crippen LogP contribution in [-0.4, -0.2) is 22.4 Å². The van der Waals surface area contributed by atoms with E-state index in [0.717, 1.165) is 0 Å². The molecule has 3 rings (SSSR count). The first-order chi connectivity index (χ1) is 13.1. The summed E-state index contributed by atoms with van der Waals surface area (Å²) in [6.45, 7) is 2.90. The van der Waals surface area contributed by atoms with Crippen molar-refractivity contribution in [2.45, 2.75) is 26.6 Å². The number of nitrogens with one attached hydrogen (secondary N) is 1. The van der Waals surface area contributed by atoms with Crippen LogP contribution in [0.2, 0.25) is 5.02 Å². The number of alkyl halides is 3. The van der Waals surface area contributed by atoms with E-state index in [1.54, 1.807) is 43.3 Å². The predicted octanol–water partition coefficient (Wildman–Crippen LogP) is 5.30. The molecule has 0 unspecified atom stereocenters. The Labute approximate surface area is 163 Å². The Morgan fingerprint density at radius 1 is 1.07 bits per heavy atom. The molecule has 0 bridgehead atoms. The van der Waals surface area contributed by atoms with E-state index in [9.17, 15) is 22.8 Å². The molecule has 0 spiro atoms. The molecule has 1 amide bonds. The van der Waals surface area contributed by atoms with E-state index in [2.05, 4.69) is 5.32 Å². The van der Waals surface area contributed by atoms with Gasteiger partial charge in [0.25, 0.3) is 5.78 Å². The van der Waals surface area contributed by atoms with E-state index in [0.29, 0.717) is 21.8 Å². The summed E-state index contributed by atoms with van der Waals surface area (Å²) < 4.78 is 40.5. The van der Waals surface area contributed by atoms with Crippen molar-refractivity contribution in [1.29, 1.82) is 0 Å². The molecule has 8 heteroatoms. The van der Waals surface area contributed by atoms with E-state index in [1.807, 2.05) is 0 Å². The maximum absolute atomic E-state index is 13.0. The van der Waals surface area contributed by atoms with Crippen LogP contribution in [0.25, 0.3) is 10.9 Å². The fraction of sp³-hybridized carbons (Fsp3) is 0.200. The van der Waals surface area contributed by atoms with Gasteiger partial charge in [-0.25, -0.2) is 0 Å². The summed E-state index contributed by atoms with van der Waals surface area (Å²) in [6, 6.07) is 11.3. The highest BCUT2D eigenvalue weighted by atomic mass is 35.5. The first kappa shape index (κ1) is 19.9. The van der Waals surface area contributed by atoms with Crippen LogP contribution in [0.3, 0.4) is 0 Å². The van der Waals surface area contributed by atoms with Crippen LogP contribution in [0.15, 0.2) is 42.5 Å². The van der Waals surface area contributed by atoms with Gasteiger partial charge in [-0.2, -0.15) is 13.2 Å². The van der Waals surface area contributed by atoms with Crippen LogP contribution in [0.1, 0.15) is 21.6 Å². The summed E-state index contributed by atoms with van der Waals surface area (Å²) in [4.78, 5) is 24.5. The van der Waals surface area contributed by atoms with Crippen LogP contribution in [0.4, 0.5) is 18.9 Å². The number of ketones is 1. The average Bonchev–Trinajstić information content (AvgIpc) is 2.89. The number of benzene rings is 2. The van der Waals surface area contributed by atoms with Gasteiger partial charge in [-0.05, 0) is 37.6 Å². The van der Waals surface area contributed by atoms with Crippen LogP contribution in [0, 0.1) is 13.8 Å². The third-order valence-electron chi connectivity index (χ3n) is 4.56. The number of carbonyl (C=O) groups excluding carboxylic acids is 2. The smallest absolute Gasteiger partial charge is 0.335 e. The molecule has 0 saturated carbocycles. The monoisotopic (exact) mass is 408 g/mol. The molecule has 1 heterocycles. The number of carbonyl (C=O) groups is 2. The summed E-state index contributed by atoms with van der Waals surface area (Å²) in [6.07, 6.45) is -5.00. The van der Waals surface area contributed by atoms with Gasteiger partial charge in [0.2, 0.25) is 5.91 Å². The van der Waals surface area contributed by atoms with Gasteiger partial charge in [-0.15, -0.1) is 0 Å². The summed E-state index contributed by atoms with van der Waals surface area (Å²) in [5.41, 5.74) is 1.22. The Kier molecular flexibility index (Phi) is 5.21. The van der Waals surface area contributed by atoms with Crippen molar-refractivity contribution in [2.24, 2.45) is 0 Å². The third-order valence-corrected chi connectivity index (χ3v) is 4.97. The first-order valence-electron chi connectivity index (χ1n) is 8.35. The van der Waals surface area contributed by atoms with Gasteiger partial charge in [0.05, 0.1) is 5.56 Å². The zero-order valence-corrected chi connectivity index (χ0v) is 15.8. The molecule has 4 nitrogen and oxygen atoms in total. The number of aromatic nitrogens is 1. The first-order valence-corrected chi connectivity index (χ1v) is 8.73. The lowest BCUT2D eigenvalue weighted by atomic mass is 10.1. The van der Waals surface area contributed by atoms with Gasteiger partial charge < -0.3 is 9.88 Å². The highest BCUT2D eigenvalue weighted by Gasteiger charge is 2.42. The second-order valence-electron chi connectivity index (χ2n) is 6.35. The van der Waals surface area contributed by atoms with Crippen LogP contribution in [0.5, 0.6) is 0 Å². The zero-order chi connectivity index (χ0) is 20.6. The summed E-state index contributed by atoms with van der Waals surface area (Å²) in [7, 11) is 0. The highest BCUT2D eigenvalue weighted by molar-refractivity contribution is 6.31. The van der Waals surface area contributed by atoms with E-state index in [-0.39, 0.29) is 17.6 Å². The summed E-state index contributed by atoms with van der Waals surface area (Å²) in [5, 5.41) is 3.35. The Hall–Kier alpha value is -2.80. The number of hydrogen-bond acceptors (Lipinski definition) is 2. The van der Waals surface area contributed by atoms with Crippen molar-refractivity contribution in [3.8, 4) is 0 Å². The minimum absolute atomic E-state index is 0.0847. The molecule has 0 radical (unpaired) electrons. The normalized spacial score (nSPS) is 11.6. The SMILES string of the molecule is Cc1c(Cl)cccc1NC(=O)Cn1c(C)c(C(=O)C(F)(F)F)c2ccccc21. The lowest BCUT2D eigenvalue weighted by Crippen LogP contribution is -2.24. The van der Waals surface area contributed by atoms with Gasteiger partial charge in [0, 0.05) is 27.3 Å². The molecule has 0 aliphatic heterocycles. The second-order valence-corrected chi connectivity index (χ2v) is 6.76. The number of amides is 1. The van der Waals surface area contributed by atoms with Gasteiger partial charge in [-0.1, -0.05) is 35.9 Å². The van der Waals surface area contributed by atoms with Gasteiger partial charge >= 0.3 is 6.18 Å². The molecule has 1 aromatic heterocycles. The molecule has 2 aromatic carbocycles. The fourth-order valence-corrected chi connectivity index (χ4v) is 3.31. The number of rotatable bonds is 4. The fourth-order valence-electron chi connectivity index (χ4n) is 3.14. The Morgan fingerprint density at radius 2 is 1.75 bits per heavy atom.